The molecule has 0 saturated heterocycles. The summed E-state index contributed by atoms with van der Waals surface area (Å²) in [6.07, 6.45) is -0.468. The first-order valence-electron chi connectivity index (χ1n) is 7.57. The Hall–Kier alpha value is -1.80. The van der Waals surface area contributed by atoms with E-state index in [9.17, 15) is 5.11 Å². The van der Waals surface area contributed by atoms with Crippen molar-refractivity contribution in [2.45, 2.75) is 33.8 Å². The molecule has 1 N–H and O–H groups in total. The lowest BCUT2D eigenvalue weighted by Crippen LogP contribution is -2.28. The molecule has 0 aliphatic carbocycles. The van der Waals surface area contributed by atoms with E-state index in [1.165, 1.54) is 16.7 Å². The van der Waals surface area contributed by atoms with Gasteiger partial charge in [-0.15, -0.1) is 0 Å². The summed E-state index contributed by atoms with van der Waals surface area (Å²) < 4.78 is 0. The van der Waals surface area contributed by atoms with Gasteiger partial charge in [0.1, 0.15) is 0 Å². The molecule has 2 nitrogen and oxygen atoms in total. The Morgan fingerprint density at radius 3 is 2.00 bits per heavy atom. The van der Waals surface area contributed by atoms with Gasteiger partial charge in [0.25, 0.3) is 0 Å². The topological polar surface area (TPSA) is 23.5 Å². The van der Waals surface area contributed by atoms with Crippen molar-refractivity contribution in [1.82, 2.24) is 0 Å². The summed E-state index contributed by atoms with van der Waals surface area (Å²) in [6.45, 7) is 9.84. The molecule has 0 saturated carbocycles. The molecule has 21 heavy (non-hydrogen) atoms. The second kappa shape index (κ2) is 6.77. The molecule has 0 bridgehead atoms. The van der Waals surface area contributed by atoms with Gasteiger partial charge in [-0.1, -0.05) is 47.0 Å². The summed E-state index contributed by atoms with van der Waals surface area (Å²) in [6, 6.07) is 14.7. The van der Waals surface area contributed by atoms with Crippen LogP contribution < -0.4 is 4.90 Å². The number of aliphatic hydroxyl groups excluding tert-OH is 1. The van der Waals surface area contributed by atoms with E-state index in [4.69, 9.17) is 0 Å². The van der Waals surface area contributed by atoms with Gasteiger partial charge >= 0.3 is 0 Å². The van der Waals surface area contributed by atoms with Crippen molar-refractivity contribution >= 4 is 5.69 Å². The molecule has 0 aliphatic rings. The zero-order valence-electron chi connectivity index (χ0n) is 13.4. The van der Waals surface area contributed by atoms with Crippen molar-refractivity contribution < 1.29 is 5.11 Å². The molecule has 2 heteroatoms. The van der Waals surface area contributed by atoms with Crippen molar-refractivity contribution in [2.24, 2.45) is 0 Å². The number of hydrogen-bond donors (Lipinski definition) is 1. The van der Waals surface area contributed by atoms with Crippen LogP contribution in [-0.2, 0) is 0 Å². The Bertz CT molecular complexity index is 569. The smallest absolute Gasteiger partial charge is 0.0965 e. The van der Waals surface area contributed by atoms with E-state index in [1.807, 2.05) is 0 Å². The Morgan fingerprint density at radius 1 is 0.905 bits per heavy atom. The van der Waals surface area contributed by atoms with Crippen LogP contribution in [0, 0.1) is 20.8 Å². The standard InChI is InChI=1S/C19H25NO/c1-5-20(18-8-6-14(2)7-9-18)13-19(21)17-11-15(3)10-16(4)12-17/h6-12,19,21H,5,13H2,1-4H3. The Labute approximate surface area is 128 Å². The zero-order chi connectivity index (χ0) is 15.4. The highest BCUT2D eigenvalue weighted by Crippen LogP contribution is 2.22. The SMILES string of the molecule is CCN(CC(O)c1cc(C)cc(C)c1)c1ccc(C)cc1. The molecule has 0 spiro atoms. The second-order valence-electron chi connectivity index (χ2n) is 5.81. The highest BCUT2D eigenvalue weighted by molar-refractivity contribution is 5.48. The zero-order valence-corrected chi connectivity index (χ0v) is 13.4. The lowest BCUT2D eigenvalue weighted by molar-refractivity contribution is 0.183. The van der Waals surface area contributed by atoms with Crippen LogP contribution in [0.3, 0.4) is 0 Å². The molecule has 1 unspecified atom stereocenters. The molecule has 0 heterocycles. The summed E-state index contributed by atoms with van der Waals surface area (Å²) >= 11 is 0. The van der Waals surface area contributed by atoms with Crippen LogP contribution in [0.2, 0.25) is 0 Å². The fourth-order valence-corrected chi connectivity index (χ4v) is 2.69. The van der Waals surface area contributed by atoms with Crippen molar-refractivity contribution in [3.05, 3.63) is 64.7 Å². The van der Waals surface area contributed by atoms with Gasteiger partial charge in [-0.05, 0) is 45.4 Å². The Morgan fingerprint density at radius 2 is 1.48 bits per heavy atom. The molecule has 1 atom stereocenters. The lowest BCUT2D eigenvalue weighted by atomic mass is 10.0. The number of rotatable bonds is 5. The molecular weight excluding hydrogens is 258 g/mol. The molecule has 0 aromatic heterocycles. The summed E-state index contributed by atoms with van der Waals surface area (Å²) in [5, 5.41) is 10.5. The van der Waals surface area contributed by atoms with Crippen LogP contribution in [0.1, 0.15) is 35.3 Å². The average molecular weight is 283 g/mol. The van der Waals surface area contributed by atoms with E-state index < -0.39 is 6.10 Å². The largest absolute Gasteiger partial charge is 0.387 e. The first-order valence-corrected chi connectivity index (χ1v) is 7.57. The average Bonchev–Trinajstić information content (AvgIpc) is 2.44. The fraction of sp³-hybridized carbons (Fsp3) is 0.368. The molecule has 0 fully saturated rings. The van der Waals surface area contributed by atoms with Crippen LogP contribution in [0.5, 0.6) is 0 Å². The third-order valence-corrected chi connectivity index (χ3v) is 3.80. The summed E-state index contributed by atoms with van der Waals surface area (Å²) in [4.78, 5) is 2.21. The van der Waals surface area contributed by atoms with Gasteiger partial charge in [0.15, 0.2) is 0 Å². The monoisotopic (exact) mass is 283 g/mol. The third kappa shape index (κ3) is 4.08. The maximum atomic E-state index is 10.5. The maximum Gasteiger partial charge on any atom is 0.0965 e. The van der Waals surface area contributed by atoms with Gasteiger partial charge in [-0.2, -0.15) is 0 Å². The molecule has 2 aromatic carbocycles. The highest BCUT2D eigenvalue weighted by Gasteiger charge is 2.13. The van der Waals surface area contributed by atoms with E-state index in [0.29, 0.717) is 6.54 Å². The molecule has 0 aliphatic heterocycles. The third-order valence-electron chi connectivity index (χ3n) is 3.80. The molecule has 0 radical (unpaired) electrons. The quantitative estimate of drug-likeness (QED) is 0.890. The molecular formula is C19H25NO. The minimum Gasteiger partial charge on any atom is -0.387 e. The van der Waals surface area contributed by atoms with Gasteiger partial charge in [0, 0.05) is 18.8 Å². The normalized spacial score (nSPS) is 12.2. The molecule has 0 amide bonds. The van der Waals surface area contributed by atoms with Gasteiger partial charge in [-0.3, -0.25) is 0 Å². The Balaban J connectivity index is 2.15. The van der Waals surface area contributed by atoms with E-state index >= 15 is 0 Å². The number of aliphatic hydroxyl groups is 1. The Kier molecular flexibility index (Phi) is 5.03. The van der Waals surface area contributed by atoms with E-state index in [2.05, 4.69) is 75.1 Å². The number of hydrogen-bond acceptors (Lipinski definition) is 2. The van der Waals surface area contributed by atoms with Gasteiger partial charge in [-0.25, -0.2) is 0 Å². The minimum atomic E-state index is -0.468. The van der Waals surface area contributed by atoms with Crippen molar-refractivity contribution in [2.75, 3.05) is 18.0 Å². The number of anilines is 1. The predicted octanol–water partition coefficient (Wildman–Crippen LogP) is 4.17. The van der Waals surface area contributed by atoms with Gasteiger partial charge < -0.3 is 10.0 Å². The minimum absolute atomic E-state index is 0.468. The second-order valence-corrected chi connectivity index (χ2v) is 5.81. The fourth-order valence-electron chi connectivity index (χ4n) is 2.69. The molecule has 2 aromatic rings. The maximum absolute atomic E-state index is 10.5. The first kappa shape index (κ1) is 15.6. The number of aryl methyl sites for hydroxylation is 3. The summed E-state index contributed by atoms with van der Waals surface area (Å²) in [7, 11) is 0. The number of nitrogens with zero attached hydrogens (tertiary/aromatic N) is 1. The van der Waals surface area contributed by atoms with Crippen molar-refractivity contribution in [3.63, 3.8) is 0 Å². The summed E-state index contributed by atoms with van der Waals surface area (Å²) in [5.74, 6) is 0. The molecule has 112 valence electrons. The van der Waals surface area contributed by atoms with Crippen LogP contribution in [0.15, 0.2) is 42.5 Å². The van der Waals surface area contributed by atoms with Crippen LogP contribution in [-0.4, -0.2) is 18.2 Å². The van der Waals surface area contributed by atoms with Gasteiger partial charge in [0.05, 0.1) is 6.10 Å². The van der Waals surface area contributed by atoms with E-state index in [1.54, 1.807) is 0 Å². The van der Waals surface area contributed by atoms with Crippen LogP contribution in [0.4, 0.5) is 5.69 Å². The first-order chi connectivity index (χ1) is 9.99. The van der Waals surface area contributed by atoms with Crippen molar-refractivity contribution in [3.8, 4) is 0 Å². The lowest BCUT2D eigenvalue weighted by Gasteiger charge is -2.26. The van der Waals surface area contributed by atoms with Gasteiger partial charge in [0.2, 0.25) is 0 Å². The van der Waals surface area contributed by atoms with E-state index in [0.717, 1.165) is 17.8 Å². The number of likely N-dealkylation sites (N-methyl/N-ethyl adjacent to an activating group) is 1. The summed E-state index contributed by atoms with van der Waals surface area (Å²) in [5.41, 5.74) is 5.80. The van der Waals surface area contributed by atoms with E-state index in [-0.39, 0.29) is 0 Å². The van der Waals surface area contributed by atoms with Crippen molar-refractivity contribution in [1.29, 1.82) is 0 Å². The predicted molar refractivity (Wildman–Crippen MR) is 89.9 cm³/mol. The molecule has 2 rings (SSSR count). The van der Waals surface area contributed by atoms with Crippen LogP contribution >= 0.6 is 0 Å². The highest BCUT2D eigenvalue weighted by atomic mass is 16.3. The number of benzene rings is 2. The van der Waals surface area contributed by atoms with Crippen LogP contribution in [0.25, 0.3) is 0 Å².